The number of rotatable bonds is 7. The molecule has 0 spiro atoms. The molecule has 1 aliphatic heterocycles. The fraction of sp³-hybridized carbons (Fsp3) is 0.400. The lowest BCUT2D eigenvalue weighted by molar-refractivity contribution is -0.117. The van der Waals surface area contributed by atoms with Crippen LogP contribution in [0.4, 0.5) is 10.8 Å². The summed E-state index contributed by atoms with van der Waals surface area (Å²) in [5, 5.41) is 8.09. The molecule has 3 rings (SSSR count). The molecule has 0 radical (unpaired) electrons. The largest absolute Gasteiger partial charge is 0.312 e. The monoisotopic (exact) mass is 398 g/mol. The van der Waals surface area contributed by atoms with E-state index in [0.717, 1.165) is 28.6 Å². The number of sulfonamides is 1. The molecule has 0 atom stereocenters. The summed E-state index contributed by atoms with van der Waals surface area (Å²) in [7, 11) is -3.73. The van der Waals surface area contributed by atoms with E-state index in [-0.39, 0.29) is 15.9 Å². The molecule has 1 aliphatic rings. The van der Waals surface area contributed by atoms with Gasteiger partial charge in [0.05, 0.1) is 4.90 Å². The number of thioether (sulfide) groups is 1. The maximum absolute atomic E-state index is 12.5. The number of anilines is 2. The third kappa shape index (κ3) is 4.31. The van der Waals surface area contributed by atoms with E-state index in [9.17, 15) is 13.2 Å². The Hall–Kier alpha value is -1.65. The van der Waals surface area contributed by atoms with E-state index in [1.165, 1.54) is 23.5 Å². The topological polar surface area (TPSA) is 92.3 Å². The van der Waals surface area contributed by atoms with E-state index in [2.05, 4.69) is 21.8 Å². The van der Waals surface area contributed by atoms with Crippen molar-refractivity contribution in [2.24, 2.45) is 0 Å². The molecule has 1 aromatic carbocycles. The molecule has 1 amide bonds. The minimum atomic E-state index is -3.73. The predicted octanol–water partition coefficient (Wildman–Crippen LogP) is 2.97. The second-order valence-electron chi connectivity index (χ2n) is 5.47. The summed E-state index contributed by atoms with van der Waals surface area (Å²) in [6.07, 6.45) is 2.38. The molecule has 0 saturated carbocycles. The van der Waals surface area contributed by atoms with Crippen molar-refractivity contribution >= 4 is 49.8 Å². The SMILES string of the molecule is CCCSc1nnc(NS(=O)(=O)c2ccc(N3CCCC3=O)cc2)s1. The van der Waals surface area contributed by atoms with Crippen LogP contribution in [-0.2, 0) is 14.8 Å². The highest BCUT2D eigenvalue weighted by Crippen LogP contribution is 2.28. The van der Waals surface area contributed by atoms with Crippen LogP contribution in [0.2, 0.25) is 0 Å². The summed E-state index contributed by atoms with van der Waals surface area (Å²) in [5.74, 6) is 0.984. The molecule has 0 bridgehead atoms. The smallest absolute Gasteiger partial charge is 0.263 e. The fourth-order valence-corrected chi connectivity index (χ4v) is 5.31. The average molecular weight is 399 g/mol. The van der Waals surface area contributed by atoms with Gasteiger partial charge in [0.2, 0.25) is 11.0 Å². The second kappa shape index (κ2) is 7.71. The minimum absolute atomic E-state index is 0.0692. The van der Waals surface area contributed by atoms with E-state index in [4.69, 9.17) is 0 Å². The summed E-state index contributed by atoms with van der Waals surface area (Å²) in [5.41, 5.74) is 0.718. The van der Waals surface area contributed by atoms with Crippen LogP contribution in [-0.4, -0.2) is 36.8 Å². The summed E-state index contributed by atoms with van der Waals surface area (Å²) >= 11 is 2.77. The molecule has 1 fully saturated rings. The number of nitrogens with one attached hydrogen (secondary N) is 1. The first-order chi connectivity index (χ1) is 12.0. The summed E-state index contributed by atoms with van der Waals surface area (Å²) < 4.78 is 28.1. The Morgan fingerprint density at radius 3 is 2.68 bits per heavy atom. The zero-order chi connectivity index (χ0) is 17.9. The summed E-state index contributed by atoms with van der Waals surface area (Å²) in [6.45, 7) is 2.74. The van der Waals surface area contributed by atoms with Crippen LogP contribution in [0, 0.1) is 0 Å². The van der Waals surface area contributed by atoms with E-state index in [1.54, 1.807) is 28.8 Å². The minimum Gasteiger partial charge on any atom is -0.312 e. The van der Waals surface area contributed by atoms with Crippen molar-refractivity contribution in [1.29, 1.82) is 0 Å². The lowest BCUT2D eigenvalue weighted by Crippen LogP contribution is -2.23. The van der Waals surface area contributed by atoms with Gasteiger partial charge in [-0.2, -0.15) is 0 Å². The zero-order valence-electron chi connectivity index (χ0n) is 13.6. The molecule has 0 aliphatic carbocycles. The molecule has 2 aromatic rings. The van der Waals surface area contributed by atoms with Gasteiger partial charge in [-0.3, -0.25) is 9.52 Å². The third-order valence-electron chi connectivity index (χ3n) is 3.59. The van der Waals surface area contributed by atoms with Crippen LogP contribution < -0.4 is 9.62 Å². The first-order valence-electron chi connectivity index (χ1n) is 7.89. The Kier molecular flexibility index (Phi) is 5.60. The molecule has 1 aromatic heterocycles. The van der Waals surface area contributed by atoms with Gasteiger partial charge in [0.15, 0.2) is 4.34 Å². The lowest BCUT2D eigenvalue weighted by atomic mass is 10.3. The Labute approximate surface area is 154 Å². The zero-order valence-corrected chi connectivity index (χ0v) is 16.1. The third-order valence-corrected chi connectivity index (χ3v) is 7.25. The van der Waals surface area contributed by atoms with Gasteiger partial charge in [-0.25, -0.2) is 8.42 Å². The van der Waals surface area contributed by atoms with Crippen molar-refractivity contribution in [3.63, 3.8) is 0 Å². The summed E-state index contributed by atoms with van der Waals surface area (Å²) in [6, 6.07) is 6.30. The molecule has 1 saturated heterocycles. The highest BCUT2D eigenvalue weighted by molar-refractivity contribution is 8.01. The number of hydrogen-bond acceptors (Lipinski definition) is 7. The predicted molar refractivity (Wildman–Crippen MR) is 99.8 cm³/mol. The van der Waals surface area contributed by atoms with Crippen LogP contribution in [0.15, 0.2) is 33.5 Å². The first kappa shape index (κ1) is 18.2. The Morgan fingerprint density at radius 2 is 2.04 bits per heavy atom. The summed E-state index contributed by atoms with van der Waals surface area (Å²) in [4.78, 5) is 13.6. The van der Waals surface area contributed by atoms with E-state index in [1.807, 2.05) is 0 Å². The quantitative estimate of drug-likeness (QED) is 0.721. The van der Waals surface area contributed by atoms with Crippen molar-refractivity contribution in [3.05, 3.63) is 24.3 Å². The van der Waals surface area contributed by atoms with Gasteiger partial charge >= 0.3 is 0 Å². The number of amides is 1. The molecular weight excluding hydrogens is 380 g/mol. The van der Waals surface area contributed by atoms with E-state index >= 15 is 0 Å². The Bertz CT molecular complexity index is 849. The van der Waals surface area contributed by atoms with Gasteiger partial charge in [0.25, 0.3) is 10.0 Å². The highest BCUT2D eigenvalue weighted by Gasteiger charge is 2.23. The molecule has 1 N–H and O–H groups in total. The van der Waals surface area contributed by atoms with Gasteiger partial charge in [-0.15, -0.1) is 10.2 Å². The maximum atomic E-state index is 12.5. The number of carbonyl (C=O) groups is 1. The van der Waals surface area contributed by atoms with Crippen molar-refractivity contribution in [2.75, 3.05) is 21.9 Å². The van der Waals surface area contributed by atoms with Crippen LogP contribution in [0.25, 0.3) is 0 Å². The van der Waals surface area contributed by atoms with Crippen LogP contribution in [0.5, 0.6) is 0 Å². The Morgan fingerprint density at radius 1 is 1.28 bits per heavy atom. The number of hydrogen-bond donors (Lipinski definition) is 1. The maximum Gasteiger partial charge on any atom is 0.263 e. The van der Waals surface area contributed by atoms with Gasteiger partial charge in [-0.1, -0.05) is 30.0 Å². The molecule has 10 heteroatoms. The van der Waals surface area contributed by atoms with Gasteiger partial charge < -0.3 is 4.90 Å². The van der Waals surface area contributed by atoms with E-state index < -0.39 is 10.0 Å². The normalized spacial score (nSPS) is 14.9. The molecule has 0 unspecified atom stereocenters. The molecule has 25 heavy (non-hydrogen) atoms. The molecule has 2 heterocycles. The Balaban J connectivity index is 1.71. The molecular formula is C15H18N4O3S3. The average Bonchev–Trinajstić information content (AvgIpc) is 3.21. The van der Waals surface area contributed by atoms with Crippen molar-refractivity contribution in [3.8, 4) is 0 Å². The number of aromatic nitrogens is 2. The number of nitrogens with zero attached hydrogens (tertiary/aromatic N) is 3. The van der Waals surface area contributed by atoms with Crippen LogP contribution in [0.1, 0.15) is 26.2 Å². The van der Waals surface area contributed by atoms with Crippen LogP contribution in [0.3, 0.4) is 0 Å². The second-order valence-corrected chi connectivity index (χ2v) is 9.47. The van der Waals surface area contributed by atoms with Crippen molar-refractivity contribution < 1.29 is 13.2 Å². The first-order valence-corrected chi connectivity index (χ1v) is 11.2. The molecule has 7 nitrogen and oxygen atoms in total. The van der Waals surface area contributed by atoms with E-state index in [0.29, 0.717) is 13.0 Å². The fourth-order valence-electron chi connectivity index (χ4n) is 2.40. The van der Waals surface area contributed by atoms with Crippen molar-refractivity contribution in [1.82, 2.24) is 10.2 Å². The van der Waals surface area contributed by atoms with Crippen molar-refractivity contribution in [2.45, 2.75) is 35.4 Å². The van der Waals surface area contributed by atoms with Gasteiger partial charge in [-0.05, 0) is 37.1 Å². The lowest BCUT2D eigenvalue weighted by Gasteiger charge is -2.15. The number of benzene rings is 1. The van der Waals surface area contributed by atoms with Gasteiger partial charge in [0, 0.05) is 24.4 Å². The van der Waals surface area contributed by atoms with Crippen LogP contribution >= 0.6 is 23.1 Å². The number of carbonyl (C=O) groups excluding carboxylic acids is 1. The van der Waals surface area contributed by atoms with Gasteiger partial charge in [0.1, 0.15) is 0 Å². The molecule has 134 valence electrons. The standard InChI is InChI=1S/C15H18N4O3S3/c1-2-10-23-15-17-16-14(24-15)18-25(21,22)12-7-5-11(6-8-12)19-9-3-4-13(19)20/h5-8H,2-4,9-10H2,1H3,(H,16,18). The highest BCUT2D eigenvalue weighted by atomic mass is 32.2.